The van der Waals surface area contributed by atoms with Crippen LogP contribution in [0.4, 0.5) is 22.0 Å². The van der Waals surface area contributed by atoms with Gasteiger partial charge in [-0.15, -0.1) is 0 Å². The van der Waals surface area contributed by atoms with Crippen LogP contribution in [0.5, 0.6) is 0 Å². The van der Waals surface area contributed by atoms with E-state index in [0.717, 1.165) is 37.9 Å². The molecular weight excluding hydrogens is 480 g/mol. The number of hydrogen-bond acceptors (Lipinski definition) is 6. The molecule has 0 unspecified atom stereocenters. The molecule has 0 atom stereocenters. The first-order chi connectivity index (χ1) is 17.2. The van der Waals surface area contributed by atoms with Gasteiger partial charge in [0.15, 0.2) is 5.82 Å². The van der Waals surface area contributed by atoms with Crippen LogP contribution in [0.1, 0.15) is 55.4 Å². The van der Waals surface area contributed by atoms with Crippen LogP contribution < -0.4 is 16.0 Å². The maximum atomic E-state index is 12.6. The van der Waals surface area contributed by atoms with Crippen molar-refractivity contribution in [2.75, 3.05) is 29.0 Å². The topological polar surface area (TPSA) is 112 Å². The third kappa shape index (κ3) is 7.05. The van der Waals surface area contributed by atoms with E-state index in [4.69, 9.17) is 16.3 Å². The molecule has 3 heterocycles. The van der Waals surface area contributed by atoms with E-state index in [1.54, 1.807) is 42.6 Å². The zero-order valence-electron chi connectivity index (χ0n) is 20.7. The normalized spacial score (nSPS) is 14.9. The molecule has 0 radical (unpaired) electrons. The second kappa shape index (κ2) is 11.1. The number of rotatable bonds is 6. The molecule has 1 aliphatic heterocycles. The largest absolute Gasteiger partial charge is 0.359 e. The Kier molecular flexibility index (Phi) is 7.91. The van der Waals surface area contributed by atoms with Crippen molar-refractivity contribution in [3.63, 3.8) is 0 Å². The molecule has 3 amide bonds. The molecule has 1 aromatic carbocycles. The molecule has 1 aliphatic rings. The molecule has 190 valence electrons. The molecule has 1 fully saturated rings. The van der Waals surface area contributed by atoms with Gasteiger partial charge in [-0.1, -0.05) is 32.0 Å². The maximum Gasteiger partial charge on any atom is 0.324 e. The lowest BCUT2D eigenvalue weighted by Gasteiger charge is -2.26. The fourth-order valence-corrected chi connectivity index (χ4v) is 4.11. The lowest BCUT2D eigenvalue weighted by atomic mass is 9.91. The van der Waals surface area contributed by atoms with E-state index in [2.05, 4.69) is 26.1 Å². The zero-order valence-corrected chi connectivity index (χ0v) is 21.4. The van der Waals surface area contributed by atoms with Crippen LogP contribution in [0, 0.1) is 5.92 Å². The third-order valence-electron chi connectivity index (χ3n) is 6.03. The molecule has 0 bridgehead atoms. The van der Waals surface area contributed by atoms with Crippen molar-refractivity contribution in [2.45, 2.75) is 45.4 Å². The van der Waals surface area contributed by atoms with Gasteiger partial charge >= 0.3 is 6.03 Å². The number of nitrogens with zero attached hydrogens (tertiary/aromatic N) is 3. The summed E-state index contributed by atoms with van der Waals surface area (Å²) in [4.78, 5) is 29.2. The highest BCUT2D eigenvalue weighted by Gasteiger charge is 2.21. The number of aromatic nitrogens is 2. The van der Waals surface area contributed by atoms with Crippen LogP contribution >= 0.6 is 11.8 Å². The van der Waals surface area contributed by atoms with E-state index in [0.29, 0.717) is 34.6 Å². The molecule has 0 saturated carbocycles. The molecule has 9 nitrogen and oxygen atoms in total. The Bertz CT molecular complexity index is 1180. The molecule has 10 heteroatoms. The second-order valence-corrected chi connectivity index (χ2v) is 10.5. The summed E-state index contributed by atoms with van der Waals surface area (Å²) >= 11 is 6.03. The van der Waals surface area contributed by atoms with E-state index >= 15 is 0 Å². The molecule has 0 spiro atoms. The maximum absolute atomic E-state index is 12.6. The van der Waals surface area contributed by atoms with Crippen molar-refractivity contribution in [3.8, 4) is 0 Å². The second-order valence-electron chi connectivity index (χ2n) is 10.0. The Morgan fingerprint density at radius 3 is 2.28 bits per heavy atom. The highest BCUT2D eigenvalue weighted by atomic mass is 35.5. The number of pyridine rings is 1. The summed E-state index contributed by atoms with van der Waals surface area (Å²) in [6, 6.07) is 11.8. The Morgan fingerprint density at radius 1 is 1.03 bits per heavy atom. The Balaban J connectivity index is 1.26. The third-order valence-corrected chi connectivity index (χ3v) is 6.37. The number of benzene rings is 1. The average Bonchev–Trinajstić information content (AvgIpc) is 3.31. The van der Waals surface area contributed by atoms with Crippen LogP contribution in [0.2, 0.25) is 0 Å². The average molecular weight is 511 g/mol. The predicted molar refractivity (Wildman–Crippen MR) is 140 cm³/mol. The quantitative estimate of drug-likeness (QED) is 0.368. The summed E-state index contributed by atoms with van der Waals surface area (Å²) in [5.41, 5.74) is 2.42. The van der Waals surface area contributed by atoms with Crippen molar-refractivity contribution in [1.82, 2.24) is 14.6 Å². The molecule has 36 heavy (non-hydrogen) atoms. The first-order valence-electron chi connectivity index (χ1n) is 12.0. The van der Waals surface area contributed by atoms with Crippen molar-refractivity contribution in [1.29, 1.82) is 0 Å². The van der Waals surface area contributed by atoms with Gasteiger partial charge in [0.1, 0.15) is 11.5 Å². The van der Waals surface area contributed by atoms with Gasteiger partial charge in [0.25, 0.3) is 5.91 Å². The summed E-state index contributed by atoms with van der Waals surface area (Å²) < 4.78 is 7.10. The number of urea groups is 1. The Labute approximate surface area is 215 Å². The van der Waals surface area contributed by atoms with Crippen molar-refractivity contribution in [3.05, 3.63) is 65.7 Å². The SMILES string of the molecule is CC(C)(C)c1cc(NC(=O)Nc2ccc(NC(=O)c3ccc(CC4CCN(Cl)CC4)cn3)cc2)no1. The smallest absolute Gasteiger partial charge is 0.324 e. The summed E-state index contributed by atoms with van der Waals surface area (Å²) in [5, 5.41) is 12.1. The number of carbonyl (C=O) groups excluding carboxylic acids is 2. The van der Waals surface area contributed by atoms with E-state index in [1.807, 2.05) is 31.3 Å². The van der Waals surface area contributed by atoms with Crippen molar-refractivity contribution < 1.29 is 14.1 Å². The fourth-order valence-electron chi connectivity index (χ4n) is 3.92. The monoisotopic (exact) mass is 510 g/mol. The number of piperidine rings is 1. The van der Waals surface area contributed by atoms with Crippen LogP contribution in [0.3, 0.4) is 0 Å². The van der Waals surface area contributed by atoms with Crippen LogP contribution in [0.25, 0.3) is 0 Å². The van der Waals surface area contributed by atoms with E-state index in [1.165, 1.54) is 0 Å². The molecule has 3 N–H and O–H groups in total. The van der Waals surface area contributed by atoms with Gasteiger partial charge in [0.05, 0.1) is 0 Å². The highest BCUT2D eigenvalue weighted by Crippen LogP contribution is 2.25. The molecule has 1 saturated heterocycles. The highest BCUT2D eigenvalue weighted by molar-refractivity contribution is 6.13. The Hall–Kier alpha value is -3.43. The van der Waals surface area contributed by atoms with Gasteiger partial charge < -0.3 is 15.2 Å². The number of amides is 3. The number of carbonyl (C=O) groups is 2. The number of halogens is 1. The van der Waals surface area contributed by atoms with Gasteiger partial charge in [-0.3, -0.25) is 15.1 Å². The number of anilines is 3. The predicted octanol–water partition coefficient (Wildman–Crippen LogP) is 5.67. The van der Waals surface area contributed by atoms with Gasteiger partial charge in [0.2, 0.25) is 0 Å². The minimum atomic E-state index is -0.446. The van der Waals surface area contributed by atoms with Crippen LogP contribution in [-0.2, 0) is 11.8 Å². The summed E-state index contributed by atoms with van der Waals surface area (Å²) in [6.45, 7) is 7.79. The molecule has 3 aromatic rings. The molecule has 2 aromatic heterocycles. The van der Waals surface area contributed by atoms with Gasteiger partial charge in [-0.2, -0.15) is 0 Å². The standard InChI is InChI=1S/C26H31ClN6O3/c1-26(2,3)22-15-23(32-36-22)31-25(35)30-20-7-5-19(6-8-20)29-24(34)21-9-4-18(16-28-21)14-17-10-12-33(27)13-11-17/h4-9,15-17H,10-14H2,1-3H3,(H,29,34)(H2,30,31,32,35). The zero-order chi connectivity index (χ0) is 25.7. The van der Waals surface area contributed by atoms with E-state index < -0.39 is 6.03 Å². The fraction of sp³-hybridized carbons (Fsp3) is 0.385. The summed E-state index contributed by atoms with van der Waals surface area (Å²) in [7, 11) is 0. The lowest BCUT2D eigenvalue weighted by molar-refractivity contribution is 0.102. The number of hydrogen-bond donors (Lipinski definition) is 3. The van der Waals surface area contributed by atoms with E-state index in [9.17, 15) is 9.59 Å². The minimum absolute atomic E-state index is 0.205. The van der Waals surface area contributed by atoms with Crippen LogP contribution in [0.15, 0.2) is 53.2 Å². The van der Waals surface area contributed by atoms with Gasteiger partial charge in [-0.05, 0) is 72.9 Å². The van der Waals surface area contributed by atoms with Gasteiger partial charge in [-0.25, -0.2) is 9.21 Å². The molecule has 0 aliphatic carbocycles. The Morgan fingerprint density at radius 2 is 1.69 bits per heavy atom. The first kappa shape index (κ1) is 25.7. The molecule has 4 rings (SSSR count). The number of nitrogens with one attached hydrogen (secondary N) is 3. The van der Waals surface area contributed by atoms with E-state index in [-0.39, 0.29) is 11.3 Å². The minimum Gasteiger partial charge on any atom is -0.359 e. The first-order valence-corrected chi connectivity index (χ1v) is 12.3. The van der Waals surface area contributed by atoms with Crippen molar-refractivity contribution in [2.24, 2.45) is 5.92 Å². The lowest BCUT2D eigenvalue weighted by Crippen LogP contribution is -2.27. The van der Waals surface area contributed by atoms with Gasteiger partial charge in [0, 0.05) is 42.1 Å². The van der Waals surface area contributed by atoms with Crippen LogP contribution in [-0.4, -0.2) is 39.6 Å². The summed E-state index contributed by atoms with van der Waals surface area (Å²) in [6.07, 6.45) is 4.84. The molecular formula is C26H31ClN6O3. The van der Waals surface area contributed by atoms with Crippen molar-refractivity contribution >= 4 is 40.9 Å². The summed E-state index contributed by atoms with van der Waals surface area (Å²) in [5.74, 6) is 1.30.